The van der Waals surface area contributed by atoms with Gasteiger partial charge in [0.15, 0.2) is 0 Å². The monoisotopic (exact) mass is 796 g/mol. The summed E-state index contributed by atoms with van der Waals surface area (Å²) in [5, 5.41) is 5.53. The summed E-state index contributed by atoms with van der Waals surface area (Å²) in [6.07, 6.45) is 7.93. The van der Waals surface area contributed by atoms with Crippen LogP contribution in [0, 0.1) is 21.8 Å². The second kappa shape index (κ2) is 22.0. The number of hydrogen-bond donors (Lipinski definition) is 0. The zero-order chi connectivity index (χ0) is 32.6. The first-order chi connectivity index (χ1) is 22.4. The van der Waals surface area contributed by atoms with Crippen molar-refractivity contribution in [2.24, 2.45) is 0 Å². The fourth-order valence-corrected chi connectivity index (χ4v) is 7.09. The van der Waals surface area contributed by atoms with Crippen molar-refractivity contribution >= 4 is 53.2 Å². The molecule has 7 rings (SSSR count). The number of hydrogen-bond acceptors (Lipinski definition) is 0. The third-order valence-electron chi connectivity index (χ3n) is 10.3. The molecule has 0 heterocycles. The molecule has 0 aliphatic heterocycles. The first kappa shape index (κ1) is 45.8. The van der Waals surface area contributed by atoms with Gasteiger partial charge in [0.2, 0.25) is 0 Å². The summed E-state index contributed by atoms with van der Waals surface area (Å²) in [5.41, 5.74) is 11.2. The Morgan fingerprint density at radius 2 is 1.06 bits per heavy atom. The van der Waals surface area contributed by atoms with E-state index in [1.165, 1.54) is 122 Å². The summed E-state index contributed by atoms with van der Waals surface area (Å²) >= 11 is 1.36. The van der Waals surface area contributed by atoms with Gasteiger partial charge >= 0.3 is 30.2 Å². The minimum absolute atomic E-state index is 0. The van der Waals surface area contributed by atoms with E-state index in [4.69, 9.17) is 0 Å². The van der Waals surface area contributed by atoms with Crippen molar-refractivity contribution in [2.75, 3.05) is 0 Å². The molecule has 0 aromatic heterocycles. The quantitative estimate of drug-likeness (QED) is 0.111. The molecule has 1 aliphatic carbocycles. The number of aryl methyl sites for hydroxylation is 1. The Morgan fingerprint density at radius 1 is 0.640 bits per heavy atom. The second-order valence-electron chi connectivity index (χ2n) is 13.3. The molecule has 0 nitrogen and oxygen atoms in total. The molecule has 6 aromatic carbocycles. The molecule has 0 spiro atoms. The molecule has 6 aromatic rings. The van der Waals surface area contributed by atoms with Gasteiger partial charge in [0.25, 0.3) is 0 Å². The van der Waals surface area contributed by atoms with E-state index in [0.717, 1.165) is 5.92 Å². The molecule has 2 radical (unpaired) electrons. The zero-order valence-electron chi connectivity index (χ0n) is 31.2. The van der Waals surface area contributed by atoms with E-state index in [-0.39, 0.29) is 39.7 Å². The maximum absolute atomic E-state index is 3.06. The van der Waals surface area contributed by atoms with Crippen LogP contribution in [0.3, 0.4) is 0 Å². The van der Waals surface area contributed by atoms with E-state index in [0.29, 0.717) is 11.8 Å². The van der Waals surface area contributed by atoms with Crippen LogP contribution in [0.4, 0.5) is 0 Å². The summed E-state index contributed by atoms with van der Waals surface area (Å²) in [4.78, 5) is 0. The summed E-state index contributed by atoms with van der Waals surface area (Å²) < 4.78 is 0. The Morgan fingerprint density at radius 3 is 1.50 bits per heavy atom. The van der Waals surface area contributed by atoms with E-state index in [2.05, 4.69) is 151 Å². The van der Waals surface area contributed by atoms with Crippen LogP contribution in [-0.4, -0.2) is 6.88 Å². The summed E-state index contributed by atoms with van der Waals surface area (Å²) in [6, 6.07) is 41.1. The Hall–Kier alpha value is -2.22. The van der Waals surface area contributed by atoms with Gasteiger partial charge in [0, 0.05) is 0 Å². The molecule has 266 valence electrons. The van der Waals surface area contributed by atoms with Gasteiger partial charge < -0.3 is 14.9 Å². The third-order valence-corrected chi connectivity index (χ3v) is 10.3. The van der Waals surface area contributed by atoms with Gasteiger partial charge in [-0.2, -0.15) is 12.1 Å². The first-order valence-corrected chi connectivity index (χ1v) is 21.4. The van der Waals surface area contributed by atoms with Crippen LogP contribution in [0.15, 0.2) is 109 Å². The van der Waals surface area contributed by atoms with E-state index >= 15 is 0 Å². The van der Waals surface area contributed by atoms with Gasteiger partial charge in [-0.15, -0.1) is 93.9 Å². The Kier molecular flexibility index (Phi) is 20.1. The minimum atomic E-state index is 0. The number of benzene rings is 4. The van der Waals surface area contributed by atoms with Gasteiger partial charge in [-0.3, -0.25) is 0 Å². The normalized spacial score (nSPS) is 13.2. The molecular weight excluding hydrogens is 743 g/mol. The molecular formula is C46H56Cl2SiZr-4. The Labute approximate surface area is 333 Å². The predicted octanol–water partition coefficient (Wildman–Crippen LogP) is 14.8. The predicted molar refractivity (Wildman–Crippen MR) is 226 cm³/mol. The fourth-order valence-electron chi connectivity index (χ4n) is 7.09. The van der Waals surface area contributed by atoms with Gasteiger partial charge in [0.1, 0.15) is 0 Å². The number of fused-ring (bicyclic) bond motifs is 2. The summed E-state index contributed by atoms with van der Waals surface area (Å²) in [6.45, 7) is 14.3. The van der Waals surface area contributed by atoms with E-state index < -0.39 is 0 Å². The summed E-state index contributed by atoms with van der Waals surface area (Å²) in [5.74, 6) is 2.07. The SMILES string of the molecule is CCC(C)c1ccc(-c2cccc3[cH-]c(C)cc23)cc1.CCC(C)c1ccc(-c2cccc3[cH-]c(C4CCCC4)cc23)cc1.Cl.Cl.[CH3-].[CH3-].[Si]=[Zr]. The molecule has 0 bridgehead atoms. The molecule has 1 saturated carbocycles. The summed E-state index contributed by atoms with van der Waals surface area (Å²) in [7, 11) is 0. The van der Waals surface area contributed by atoms with E-state index in [9.17, 15) is 0 Å². The van der Waals surface area contributed by atoms with Gasteiger partial charge in [-0.25, -0.2) is 0 Å². The molecule has 4 heteroatoms. The molecule has 2 atom stereocenters. The fraction of sp³-hybridized carbons (Fsp3) is 0.304. The van der Waals surface area contributed by atoms with Crippen molar-refractivity contribution < 1.29 is 23.3 Å². The van der Waals surface area contributed by atoms with Crippen LogP contribution in [0.2, 0.25) is 0 Å². The van der Waals surface area contributed by atoms with Crippen LogP contribution in [0.25, 0.3) is 43.8 Å². The van der Waals surface area contributed by atoms with Crippen molar-refractivity contribution in [3.63, 3.8) is 0 Å². The van der Waals surface area contributed by atoms with Crippen molar-refractivity contribution in [1.82, 2.24) is 0 Å². The van der Waals surface area contributed by atoms with E-state index in [1.807, 2.05) is 0 Å². The Balaban J connectivity index is 0.000000448. The Bertz CT molecular complexity index is 1840. The standard InChI is InChI=1S/C24H27.C20H21.2CH3.2ClH.Si.Zr/c1-3-17(2)18-11-13-20(14-12-18)23-10-6-9-21-15-22(16-24(21)23)19-7-4-5-8-19;1-4-15(3)16-8-10-17(11-9-16)19-7-5-6-18-12-14(2)13-20(18)19;;;;;;/h6,9-17,19H,3-5,7-8H2,1-2H3;5-13,15H,4H2,1-3H3;2*1H3;2*1H;;/q4*-1;;;;. The topological polar surface area (TPSA) is 0 Å². The third kappa shape index (κ3) is 10.7. The van der Waals surface area contributed by atoms with Crippen molar-refractivity contribution in [2.45, 2.75) is 90.9 Å². The number of rotatable bonds is 7. The number of halogens is 2. The van der Waals surface area contributed by atoms with Crippen LogP contribution in [0.1, 0.15) is 106 Å². The zero-order valence-corrected chi connectivity index (χ0v) is 36.3. The van der Waals surface area contributed by atoms with Crippen molar-refractivity contribution in [3.8, 4) is 22.3 Å². The van der Waals surface area contributed by atoms with Crippen LogP contribution >= 0.6 is 24.8 Å². The van der Waals surface area contributed by atoms with Crippen LogP contribution < -0.4 is 0 Å². The molecule has 1 fully saturated rings. The molecule has 0 saturated heterocycles. The molecule has 0 N–H and O–H groups in total. The van der Waals surface area contributed by atoms with Gasteiger partial charge in [-0.1, -0.05) is 119 Å². The van der Waals surface area contributed by atoms with Gasteiger partial charge in [0.05, 0.1) is 0 Å². The molecule has 50 heavy (non-hydrogen) atoms. The molecule has 0 amide bonds. The van der Waals surface area contributed by atoms with Gasteiger partial charge in [-0.05, 0) is 65.7 Å². The maximum atomic E-state index is 3.06. The molecule has 1 aliphatic rings. The second-order valence-corrected chi connectivity index (χ2v) is 13.3. The van der Waals surface area contributed by atoms with Crippen LogP contribution in [0.5, 0.6) is 0 Å². The molecule has 2 unspecified atom stereocenters. The van der Waals surface area contributed by atoms with Crippen molar-refractivity contribution in [1.29, 1.82) is 0 Å². The first-order valence-electron chi connectivity index (χ1n) is 17.3. The average molecular weight is 799 g/mol. The van der Waals surface area contributed by atoms with Crippen molar-refractivity contribution in [3.05, 3.63) is 146 Å². The van der Waals surface area contributed by atoms with E-state index in [1.54, 1.807) is 5.56 Å². The average Bonchev–Trinajstić information content (AvgIpc) is 3.88. The van der Waals surface area contributed by atoms with Crippen LogP contribution in [-0.2, 0) is 23.3 Å².